The van der Waals surface area contributed by atoms with E-state index in [1.54, 1.807) is 18.3 Å². The van der Waals surface area contributed by atoms with Crippen LogP contribution in [0.1, 0.15) is 10.4 Å². The van der Waals surface area contributed by atoms with Gasteiger partial charge < -0.3 is 4.74 Å². The molecule has 82 valence electrons. The number of carbonyl (C=O) groups excluding carboxylic acids is 1. The Morgan fingerprint density at radius 2 is 2.38 bits per heavy atom. The summed E-state index contributed by atoms with van der Waals surface area (Å²) in [4.78, 5) is 15.4. The number of esters is 1. The van der Waals surface area contributed by atoms with E-state index in [1.165, 1.54) is 24.2 Å². The van der Waals surface area contributed by atoms with Gasteiger partial charge in [0, 0.05) is 6.20 Å². The maximum atomic E-state index is 11.3. The molecule has 0 radical (unpaired) electrons. The molecule has 0 spiro atoms. The lowest BCUT2D eigenvalue weighted by molar-refractivity contribution is 0.0600. The average molecular weight is 238 g/mol. The number of aromatic nitrogens is 3. The van der Waals surface area contributed by atoms with Crippen LogP contribution < -0.4 is 0 Å². The van der Waals surface area contributed by atoms with Crippen molar-refractivity contribution in [3.63, 3.8) is 0 Å². The van der Waals surface area contributed by atoms with Crippen molar-refractivity contribution in [2.45, 2.75) is 0 Å². The molecule has 0 unspecified atom stereocenters. The van der Waals surface area contributed by atoms with E-state index in [0.717, 1.165) is 0 Å². The third-order valence-corrected chi connectivity index (χ3v) is 2.15. The second-order valence-electron chi connectivity index (χ2n) is 3.00. The molecule has 0 atom stereocenters. The standard InChI is InChI=1S/C10H8ClN3O2/c1-16-10(15)7-2-3-12-9(4-7)14-6-8(11)5-13-14/h2-6H,1H3. The molecule has 0 N–H and O–H groups in total. The molecular formula is C10H8ClN3O2. The molecule has 0 saturated heterocycles. The van der Waals surface area contributed by atoms with Crippen LogP contribution in [0.5, 0.6) is 0 Å². The van der Waals surface area contributed by atoms with Crippen LogP contribution in [0.15, 0.2) is 30.7 Å². The molecule has 2 heterocycles. The number of nitrogens with zero attached hydrogens (tertiary/aromatic N) is 3. The van der Waals surface area contributed by atoms with Crippen LogP contribution in [0.4, 0.5) is 0 Å². The first kappa shape index (κ1) is 10.6. The number of methoxy groups -OCH3 is 1. The predicted molar refractivity (Wildman–Crippen MR) is 57.7 cm³/mol. The fourth-order valence-electron chi connectivity index (χ4n) is 1.21. The number of hydrogen-bond donors (Lipinski definition) is 0. The second kappa shape index (κ2) is 4.32. The van der Waals surface area contributed by atoms with Gasteiger partial charge in [0.25, 0.3) is 0 Å². The molecule has 0 fully saturated rings. The van der Waals surface area contributed by atoms with Gasteiger partial charge in [0.1, 0.15) is 0 Å². The van der Waals surface area contributed by atoms with E-state index in [-0.39, 0.29) is 0 Å². The minimum absolute atomic E-state index is 0.415. The van der Waals surface area contributed by atoms with Crippen molar-refractivity contribution < 1.29 is 9.53 Å². The van der Waals surface area contributed by atoms with Crippen molar-refractivity contribution in [2.75, 3.05) is 7.11 Å². The molecule has 2 rings (SSSR count). The first-order valence-electron chi connectivity index (χ1n) is 4.45. The number of carbonyl (C=O) groups is 1. The van der Waals surface area contributed by atoms with Crippen LogP contribution >= 0.6 is 11.6 Å². The average Bonchev–Trinajstić information content (AvgIpc) is 2.75. The van der Waals surface area contributed by atoms with Gasteiger partial charge in [0.2, 0.25) is 0 Å². The first-order valence-corrected chi connectivity index (χ1v) is 4.83. The molecule has 5 nitrogen and oxygen atoms in total. The summed E-state index contributed by atoms with van der Waals surface area (Å²) in [5.41, 5.74) is 0.416. The Morgan fingerprint density at radius 3 is 3.00 bits per heavy atom. The fraction of sp³-hybridized carbons (Fsp3) is 0.100. The number of pyridine rings is 1. The quantitative estimate of drug-likeness (QED) is 0.746. The molecule has 0 aromatic carbocycles. The van der Waals surface area contributed by atoms with E-state index in [4.69, 9.17) is 11.6 Å². The summed E-state index contributed by atoms with van der Waals surface area (Å²) >= 11 is 5.74. The van der Waals surface area contributed by atoms with Gasteiger partial charge in [-0.2, -0.15) is 5.10 Å². The largest absolute Gasteiger partial charge is 0.465 e. The van der Waals surface area contributed by atoms with Crippen molar-refractivity contribution in [3.8, 4) is 5.82 Å². The molecule has 0 aliphatic carbocycles. The third-order valence-electron chi connectivity index (χ3n) is 1.95. The van der Waals surface area contributed by atoms with E-state index >= 15 is 0 Å². The lowest BCUT2D eigenvalue weighted by Crippen LogP contribution is -2.04. The van der Waals surface area contributed by atoms with E-state index < -0.39 is 5.97 Å². The van der Waals surface area contributed by atoms with Crippen LogP contribution in [0.25, 0.3) is 5.82 Å². The van der Waals surface area contributed by atoms with Crippen LogP contribution in [0.3, 0.4) is 0 Å². The van der Waals surface area contributed by atoms with Gasteiger partial charge >= 0.3 is 5.97 Å². The van der Waals surface area contributed by atoms with Gasteiger partial charge in [-0.25, -0.2) is 14.5 Å². The summed E-state index contributed by atoms with van der Waals surface area (Å²) in [6.07, 6.45) is 4.61. The first-order chi connectivity index (χ1) is 7.70. The van der Waals surface area contributed by atoms with Crippen molar-refractivity contribution in [2.24, 2.45) is 0 Å². The van der Waals surface area contributed by atoms with Gasteiger partial charge in [-0.3, -0.25) is 0 Å². The van der Waals surface area contributed by atoms with E-state index in [9.17, 15) is 4.79 Å². The second-order valence-corrected chi connectivity index (χ2v) is 3.43. The zero-order valence-electron chi connectivity index (χ0n) is 8.42. The Balaban J connectivity index is 2.39. The van der Waals surface area contributed by atoms with Gasteiger partial charge in [-0.05, 0) is 12.1 Å². The lowest BCUT2D eigenvalue weighted by Gasteiger charge is -2.02. The molecule has 2 aromatic heterocycles. The molecule has 0 aliphatic heterocycles. The maximum absolute atomic E-state index is 11.3. The summed E-state index contributed by atoms with van der Waals surface area (Å²) in [5, 5.41) is 4.49. The highest BCUT2D eigenvalue weighted by molar-refractivity contribution is 6.30. The summed E-state index contributed by atoms with van der Waals surface area (Å²) in [6.45, 7) is 0. The number of halogens is 1. The molecular weight excluding hydrogens is 230 g/mol. The van der Waals surface area contributed by atoms with Gasteiger partial charge in [-0.1, -0.05) is 11.6 Å². The smallest absolute Gasteiger partial charge is 0.338 e. The summed E-state index contributed by atoms with van der Waals surface area (Å²) < 4.78 is 6.09. The zero-order valence-corrected chi connectivity index (χ0v) is 9.18. The Hall–Kier alpha value is -1.88. The van der Waals surface area contributed by atoms with Crippen molar-refractivity contribution in [1.82, 2.24) is 14.8 Å². The predicted octanol–water partition coefficient (Wildman–Crippen LogP) is 1.71. The molecule has 0 bridgehead atoms. The Bertz CT molecular complexity index is 524. The highest BCUT2D eigenvalue weighted by Crippen LogP contribution is 2.11. The molecule has 0 aliphatic rings. The minimum atomic E-state index is -0.415. The van der Waals surface area contributed by atoms with Crippen LogP contribution in [-0.2, 0) is 4.74 Å². The Morgan fingerprint density at radius 1 is 1.56 bits per heavy atom. The summed E-state index contributed by atoms with van der Waals surface area (Å²) in [7, 11) is 1.33. The van der Waals surface area contributed by atoms with Crippen LogP contribution in [-0.4, -0.2) is 27.8 Å². The fourth-order valence-corrected chi connectivity index (χ4v) is 1.35. The van der Waals surface area contributed by atoms with Crippen molar-refractivity contribution in [3.05, 3.63) is 41.3 Å². The molecule has 16 heavy (non-hydrogen) atoms. The minimum Gasteiger partial charge on any atom is -0.465 e. The van der Waals surface area contributed by atoms with Crippen LogP contribution in [0.2, 0.25) is 5.02 Å². The van der Waals surface area contributed by atoms with Gasteiger partial charge in [-0.15, -0.1) is 0 Å². The zero-order chi connectivity index (χ0) is 11.5. The normalized spacial score (nSPS) is 10.1. The van der Waals surface area contributed by atoms with Gasteiger partial charge in [0.15, 0.2) is 5.82 Å². The molecule has 2 aromatic rings. The summed E-state index contributed by atoms with van der Waals surface area (Å²) in [6, 6.07) is 3.15. The molecule has 0 amide bonds. The lowest BCUT2D eigenvalue weighted by atomic mass is 10.2. The number of rotatable bonds is 2. The maximum Gasteiger partial charge on any atom is 0.338 e. The third kappa shape index (κ3) is 2.04. The Kier molecular flexibility index (Phi) is 2.87. The number of ether oxygens (including phenoxy) is 1. The van der Waals surface area contributed by atoms with Crippen molar-refractivity contribution >= 4 is 17.6 Å². The van der Waals surface area contributed by atoms with E-state index in [1.807, 2.05) is 0 Å². The molecule has 6 heteroatoms. The SMILES string of the molecule is COC(=O)c1ccnc(-n2cc(Cl)cn2)c1. The highest BCUT2D eigenvalue weighted by Gasteiger charge is 2.08. The monoisotopic (exact) mass is 237 g/mol. The van der Waals surface area contributed by atoms with E-state index in [2.05, 4.69) is 14.8 Å². The molecule has 0 saturated carbocycles. The summed E-state index contributed by atoms with van der Waals surface area (Å²) in [5.74, 6) is 0.0942. The topological polar surface area (TPSA) is 57.0 Å². The van der Waals surface area contributed by atoms with Crippen LogP contribution in [0, 0.1) is 0 Å². The van der Waals surface area contributed by atoms with Crippen molar-refractivity contribution in [1.29, 1.82) is 0 Å². The van der Waals surface area contributed by atoms with Gasteiger partial charge in [0.05, 0.1) is 30.1 Å². The highest BCUT2D eigenvalue weighted by atomic mass is 35.5. The Labute approximate surface area is 96.6 Å². The number of hydrogen-bond acceptors (Lipinski definition) is 4. The van der Waals surface area contributed by atoms with E-state index in [0.29, 0.717) is 16.4 Å².